The molecule has 1 fully saturated rings. The highest BCUT2D eigenvalue weighted by Gasteiger charge is 2.55. The summed E-state index contributed by atoms with van der Waals surface area (Å²) >= 11 is 0. The maximum Gasteiger partial charge on any atom is 0.415 e. The summed E-state index contributed by atoms with van der Waals surface area (Å²) in [5.74, 6) is -0.547. The summed E-state index contributed by atoms with van der Waals surface area (Å²) in [6.45, 7) is 6.29. The number of hydrogen-bond donors (Lipinski definition) is 0. The summed E-state index contributed by atoms with van der Waals surface area (Å²) in [6.07, 6.45) is 0.895. The first-order chi connectivity index (χ1) is 15.0. The molecule has 1 aliphatic heterocycles. The summed E-state index contributed by atoms with van der Waals surface area (Å²) in [6, 6.07) is 19.6. The molecule has 1 amide bonds. The fraction of sp³-hybridized carbons (Fsp3) is 0.440. The van der Waals surface area contributed by atoms with Gasteiger partial charge in [-0.3, -0.25) is 4.90 Å². The zero-order chi connectivity index (χ0) is 22.3. The summed E-state index contributed by atoms with van der Waals surface area (Å²) in [4.78, 5) is 30.2. The van der Waals surface area contributed by atoms with Crippen molar-refractivity contribution < 1.29 is 19.1 Å². The third-order valence-corrected chi connectivity index (χ3v) is 6.12. The van der Waals surface area contributed by atoms with Gasteiger partial charge in [-0.1, -0.05) is 55.5 Å². The number of piperidine rings is 1. The van der Waals surface area contributed by atoms with Crippen molar-refractivity contribution in [3.05, 3.63) is 66.2 Å². The molecule has 31 heavy (non-hydrogen) atoms. The van der Waals surface area contributed by atoms with Crippen LogP contribution in [0.25, 0.3) is 0 Å². The normalized spacial score (nSPS) is 21.3. The minimum Gasteiger partial charge on any atom is -0.467 e. The number of para-hydroxylation sites is 1. The molecule has 1 heterocycles. The molecule has 6 heteroatoms. The molecule has 2 aromatic rings. The molecular formula is C25H32N2O4. The van der Waals surface area contributed by atoms with Crippen molar-refractivity contribution in [2.75, 3.05) is 38.3 Å². The molecule has 2 unspecified atom stereocenters. The van der Waals surface area contributed by atoms with E-state index in [1.54, 1.807) is 6.92 Å². The largest absolute Gasteiger partial charge is 0.467 e. The first-order valence-corrected chi connectivity index (χ1v) is 10.9. The van der Waals surface area contributed by atoms with E-state index in [-0.39, 0.29) is 12.5 Å². The lowest BCUT2D eigenvalue weighted by Gasteiger charge is -2.49. The molecule has 0 spiro atoms. The second-order valence-electron chi connectivity index (χ2n) is 7.97. The number of ether oxygens (including phenoxy) is 2. The van der Waals surface area contributed by atoms with Crippen LogP contribution in [0, 0.1) is 5.92 Å². The van der Waals surface area contributed by atoms with Gasteiger partial charge in [0, 0.05) is 31.2 Å². The molecule has 1 aliphatic rings. The zero-order valence-electron chi connectivity index (χ0n) is 18.6. The Morgan fingerprint density at radius 1 is 1.10 bits per heavy atom. The number of carbonyl (C=O) groups excluding carboxylic acids is 2. The number of rotatable bonds is 7. The van der Waals surface area contributed by atoms with Gasteiger partial charge < -0.3 is 14.4 Å². The Kier molecular flexibility index (Phi) is 7.69. The second kappa shape index (κ2) is 10.4. The van der Waals surface area contributed by atoms with Crippen LogP contribution in [0.15, 0.2) is 60.7 Å². The molecule has 166 valence electrons. The molecule has 0 N–H and O–H groups in total. The first kappa shape index (κ1) is 22.8. The van der Waals surface area contributed by atoms with Crippen molar-refractivity contribution in [2.24, 2.45) is 5.92 Å². The van der Waals surface area contributed by atoms with E-state index in [4.69, 9.17) is 9.47 Å². The third-order valence-electron chi connectivity index (χ3n) is 6.12. The van der Waals surface area contributed by atoms with Crippen LogP contribution >= 0.6 is 0 Å². The molecule has 0 radical (unpaired) electrons. The number of likely N-dealkylation sites (tertiary alicyclic amines) is 1. The molecule has 2 aromatic carbocycles. The van der Waals surface area contributed by atoms with E-state index >= 15 is 0 Å². The molecule has 0 saturated carbocycles. The monoisotopic (exact) mass is 424 g/mol. The van der Waals surface area contributed by atoms with Crippen molar-refractivity contribution in [3.8, 4) is 0 Å². The number of benzene rings is 2. The lowest BCUT2D eigenvalue weighted by atomic mass is 9.76. The minimum absolute atomic E-state index is 0.144. The van der Waals surface area contributed by atoms with Gasteiger partial charge in [-0.25, -0.2) is 9.59 Å². The number of esters is 1. The van der Waals surface area contributed by atoms with Crippen molar-refractivity contribution >= 4 is 17.7 Å². The van der Waals surface area contributed by atoms with Crippen molar-refractivity contribution in [1.29, 1.82) is 0 Å². The number of methoxy groups -OCH3 is 1. The molecule has 3 rings (SSSR count). The molecule has 0 bridgehead atoms. The van der Waals surface area contributed by atoms with Gasteiger partial charge >= 0.3 is 12.1 Å². The van der Waals surface area contributed by atoms with Crippen LogP contribution in [0.1, 0.15) is 25.8 Å². The van der Waals surface area contributed by atoms with E-state index in [9.17, 15) is 9.59 Å². The van der Waals surface area contributed by atoms with Crippen LogP contribution in [-0.2, 0) is 20.7 Å². The average Bonchev–Trinajstić information content (AvgIpc) is 2.80. The summed E-state index contributed by atoms with van der Waals surface area (Å²) in [7, 11) is 1.38. The van der Waals surface area contributed by atoms with Crippen molar-refractivity contribution in [3.63, 3.8) is 0 Å². The summed E-state index contributed by atoms with van der Waals surface area (Å²) in [5, 5.41) is 0. The number of carbonyl (C=O) groups is 2. The lowest BCUT2D eigenvalue weighted by molar-refractivity contribution is -0.151. The predicted molar refractivity (Wildman–Crippen MR) is 121 cm³/mol. The summed E-state index contributed by atoms with van der Waals surface area (Å²) < 4.78 is 10.6. The first-order valence-electron chi connectivity index (χ1n) is 10.9. The third kappa shape index (κ3) is 4.90. The highest BCUT2D eigenvalue weighted by atomic mass is 16.6. The van der Waals surface area contributed by atoms with E-state index in [0.29, 0.717) is 25.2 Å². The maximum absolute atomic E-state index is 13.2. The zero-order valence-corrected chi connectivity index (χ0v) is 18.6. The Bertz CT molecular complexity index is 858. The minimum atomic E-state index is -1.12. The van der Waals surface area contributed by atoms with Crippen LogP contribution in [0.5, 0.6) is 0 Å². The van der Waals surface area contributed by atoms with Crippen LogP contribution in [-0.4, -0.2) is 55.9 Å². The Labute approximate surface area is 184 Å². The number of nitrogens with zero attached hydrogens (tertiary/aromatic N) is 2. The fourth-order valence-electron chi connectivity index (χ4n) is 4.51. The Morgan fingerprint density at radius 2 is 1.74 bits per heavy atom. The van der Waals surface area contributed by atoms with Gasteiger partial charge in [0.1, 0.15) is 0 Å². The van der Waals surface area contributed by atoms with Gasteiger partial charge in [-0.2, -0.15) is 0 Å². The lowest BCUT2D eigenvalue weighted by Crippen LogP contribution is -2.67. The highest BCUT2D eigenvalue weighted by Crippen LogP contribution is 2.39. The summed E-state index contributed by atoms with van der Waals surface area (Å²) in [5.41, 5.74) is 0.805. The van der Waals surface area contributed by atoms with E-state index in [0.717, 1.165) is 13.0 Å². The van der Waals surface area contributed by atoms with E-state index in [2.05, 4.69) is 17.0 Å². The quantitative estimate of drug-likeness (QED) is 0.625. The van der Waals surface area contributed by atoms with Gasteiger partial charge in [-0.15, -0.1) is 0 Å². The van der Waals surface area contributed by atoms with Crippen molar-refractivity contribution in [1.82, 2.24) is 4.90 Å². The number of anilines is 1. The van der Waals surface area contributed by atoms with Crippen LogP contribution in [0.2, 0.25) is 0 Å². The SMILES string of the molecule is CCOC(=O)N(c1ccccc1)C1(C(=O)OC)CCN(CCc2ccccc2)CC1C. The van der Waals surface area contributed by atoms with Crippen LogP contribution in [0.4, 0.5) is 10.5 Å². The maximum atomic E-state index is 13.2. The van der Waals surface area contributed by atoms with Gasteiger partial charge in [0.2, 0.25) is 0 Å². The molecule has 0 aromatic heterocycles. The molecule has 1 saturated heterocycles. The van der Waals surface area contributed by atoms with Gasteiger partial charge in [-0.05, 0) is 37.5 Å². The van der Waals surface area contributed by atoms with E-state index < -0.39 is 17.6 Å². The molecule has 0 aliphatic carbocycles. The Balaban J connectivity index is 1.87. The van der Waals surface area contributed by atoms with E-state index in [1.807, 2.05) is 55.5 Å². The highest BCUT2D eigenvalue weighted by molar-refractivity contribution is 5.99. The fourth-order valence-corrected chi connectivity index (χ4v) is 4.51. The smallest absolute Gasteiger partial charge is 0.415 e. The Hall–Kier alpha value is -2.86. The van der Waals surface area contributed by atoms with E-state index in [1.165, 1.54) is 17.6 Å². The van der Waals surface area contributed by atoms with Gasteiger partial charge in [0.25, 0.3) is 0 Å². The van der Waals surface area contributed by atoms with Gasteiger partial charge in [0.05, 0.1) is 13.7 Å². The predicted octanol–water partition coefficient (Wildman–Crippen LogP) is 4.15. The van der Waals surface area contributed by atoms with Crippen LogP contribution < -0.4 is 4.90 Å². The topological polar surface area (TPSA) is 59.1 Å². The number of hydrogen-bond acceptors (Lipinski definition) is 5. The van der Waals surface area contributed by atoms with Crippen molar-refractivity contribution in [2.45, 2.75) is 32.2 Å². The van der Waals surface area contributed by atoms with Gasteiger partial charge in [0.15, 0.2) is 5.54 Å². The molecular weight excluding hydrogens is 392 g/mol. The average molecular weight is 425 g/mol. The second-order valence-corrected chi connectivity index (χ2v) is 7.97. The standard InChI is InChI=1S/C25H32N2O4/c1-4-31-24(29)27(22-13-9-6-10-14-22)25(23(28)30-3)16-18-26(19-20(25)2)17-15-21-11-7-5-8-12-21/h5-14,20H,4,15-19H2,1-3H3. The molecule has 2 atom stereocenters. The molecule has 6 nitrogen and oxygen atoms in total. The van der Waals surface area contributed by atoms with Crippen LogP contribution in [0.3, 0.4) is 0 Å². The number of amides is 1. The Morgan fingerprint density at radius 3 is 2.32 bits per heavy atom.